The molecule has 0 saturated heterocycles. The molecule has 2 aromatic rings. The van der Waals surface area contributed by atoms with Crippen LogP contribution in [0.4, 0.5) is 23.2 Å². The van der Waals surface area contributed by atoms with Crippen molar-refractivity contribution in [2.24, 2.45) is 0 Å². The molecule has 0 atom stereocenters. The zero-order valence-electron chi connectivity index (χ0n) is 12.2. The minimum atomic E-state index is -4.46. The maximum atomic E-state index is 13.4. The van der Waals surface area contributed by atoms with Gasteiger partial charge in [-0.05, 0) is 36.4 Å². The van der Waals surface area contributed by atoms with Crippen LogP contribution in [0.15, 0.2) is 48.5 Å². The van der Waals surface area contributed by atoms with E-state index in [1.807, 2.05) is 0 Å². The van der Waals surface area contributed by atoms with E-state index in [0.29, 0.717) is 0 Å². The molecule has 24 heavy (non-hydrogen) atoms. The molecule has 0 fully saturated rings. The Morgan fingerprint density at radius 3 is 2.17 bits per heavy atom. The fourth-order valence-corrected chi connectivity index (χ4v) is 1.85. The number of carbonyl (C=O) groups is 2. The standard InChI is InChI=1S/C16H12F4N2O2/c17-13-4-2-1-3-12(13)15(24)21-9-14(23)22-11-7-5-10(6-8-11)16(18,19)20/h1-8H,9H2,(H,21,24)(H,22,23). The monoisotopic (exact) mass is 340 g/mol. The Labute approximate surface area is 134 Å². The SMILES string of the molecule is O=C(CNC(=O)c1ccccc1F)Nc1ccc(C(F)(F)F)cc1. The van der Waals surface area contributed by atoms with Gasteiger partial charge < -0.3 is 10.6 Å². The minimum absolute atomic E-state index is 0.146. The lowest BCUT2D eigenvalue weighted by Gasteiger charge is -2.09. The molecule has 0 unspecified atom stereocenters. The van der Waals surface area contributed by atoms with Gasteiger partial charge in [-0.2, -0.15) is 13.2 Å². The van der Waals surface area contributed by atoms with Gasteiger partial charge in [0.25, 0.3) is 5.91 Å². The molecule has 0 saturated carbocycles. The van der Waals surface area contributed by atoms with Gasteiger partial charge in [-0.1, -0.05) is 12.1 Å². The number of hydrogen-bond acceptors (Lipinski definition) is 2. The zero-order chi connectivity index (χ0) is 17.7. The highest BCUT2D eigenvalue weighted by atomic mass is 19.4. The molecule has 0 aromatic heterocycles. The number of anilines is 1. The summed E-state index contributed by atoms with van der Waals surface area (Å²) >= 11 is 0. The van der Waals surface area contributed by atoms with E-state index in [2.05, 4.69) is 10.6 Å². The van der Waals surface area contributed by atoms with Crippen molar-refractivity contribution in [3.63, 3.8) is 0 Å². The third kappa shape index (κ3) is 4.55. The second-order valence-electron chi connectivity index (χ2n) is 4.79. The normalized spacial score (nSPS) is 11.0. The molecule has 2 rings (SSSR count). The molecule has 0 aliphatic rings. The molecule has 2 amide bonds. The number of amides is 2. The van der Waals surface area contributed by atoms with Crippen molar-refractivity contribution in [1.29, 1.82) is 0 Å². The fraction of sp³-hybridized carbons (Fsp3) is 0.125. The van der Waals surface area contributed by atoms with E-state index in [0.717, 1.165) is 30.3 Å². The van der Waals surface area contributed by atoms with Crippen LogP contribution in [0.5, 0.6) is 0 Å². The van der Waals surface area contributed by atoms with E-state index in [1.165, 1.54) is 18.2 Å². The maximum absolute atomic E-state index is 13.4. The number of rotatable bonds is 4. The van der Waals surface area contributed by atoms with Crippen LogP contribution < -0.4 is 10.6 Å². The molecule has 126 valence electrons. The first-order valence-corrected chi connectivity index (χ1v) is 6.77. The van der Waals surface area contributed by atoms with Crippen LogP contribution in [0.3, 0.4) is 0 Å². The smallest absolute Gasteiger partial charge is 0.343 e. The van der Waals surface area contributed by atoms with Gasteiger partial charge in [-0.3, -0.25) is 9.59 Å². The molecule has 0 radical (unpaired) electrons. The van der Waals surface area contributed by atoms with Crippen molar-refractivity contribution in [1.82, 2.24) is 5.32 Å². The molecule has 8 heteroatoms. The summed E-state index contributed by atoms with van der Waals surface area (Å²) in [7, 11) is 0. The average molecular weight is 340 g/mol. The predicted octanol–water partition coefficient (Wildman–Crippen LogP) is 3.21. The van der Waals surface area contributed by atoms with Crippen LogP contribution in [0.25, 0.3) is 0 Å². The van der Waals surface area contributed by atoms with Crippen LogP contribution in [-0.2, 0) is 11.0 Å². The first kappa shape index (κ1) is 17.5. The van der Waals surface area contributed by atoms with Gasteiger partial charge in [-0.25, -0.2) is 4.39 Å². The molecule has 0 spiro atoms. The maximum Gasteiger partial charge on any atom is 0.416 e. The second-order valence-corrected chi connectivity index (χ2v) is 4.79. The number of halogens is 4. The van der Waals surface area contributed by atoms with Gasteiger partial charge in [0.2, 0.25) is 5.91 Å². The van der Waals surface area contributed by atoms with E-state index < -0.39 is 35.9 Å². The van der Waals surface area contributed by atoms with Crippen molar-refractivity contribution < 1.29 is 27.2 Å². The Morgan fingerprint density at radius 2 is 1.58 bits per heavy atom. The lowest BCUT2D eigenvalue weighted by molar-refractivity contribution is -0.137. The summed E-state index contributed by atoms with van der Waals surface area (Å²) in [6.45, 7) is -0.450. The van der Waals surface area contributed by atoms with Crippen LogP contribution in [-0.4, -0.2) is 18.4 Å². The van der Waals surface area contributed by atoms with Gasteiger partial charge in [-0.15, -0.1) is 0 Å². The van der Waals surface area contributed by atoms with Crippen LogP contribution in [0.1, 0.15) is 15.9 Å². The van der Waals surface area contributed by atoms with E-state index >= 15 is 0 Å². The summed E-state index contributed by atoms with van der Waals surface area (Å²) < 4.78 is 50.7. The Balaban J connectivity index is 1.90. The topological polar surface area (TPSA) is 58.2 Å². The molecular weight excluding hydrogens is 328 g/mol. The fourth-order valence-electron chi connectivity index (χ4n) is 1.85. The largest absolute Gasteiger partial charge is 0.416 e. The zero-order valence-corrected chi connectivity index (χ0v) is 12.2. The first-order chi connectivity index (χ1) is 11.3. The summed E-state index contributed by atoms with van der Waals surface area (Å²) in [4.78, 5) is 23.4. The molecular formula is C16H12F4N2O2. The van der Waals surface area contributed by atoms with E-state index in [1.54, 1.807) is 0 Å². The number of carbonyl (C=O) groups excluding carboxylic acids is 2. The highest BCUT2D eigenvalue weighted by molar-refractivity contribution is 5.99. The summed E-state index contributed by atoms with van der Waals surface area (Å²) in [5.74, 6) is -2.15. The number of benzene rings is 2. The van der Waals surface area contributed by atoms with Crippen LogP contribution >= 0.6 is 0 Å². The molecule has 2 N–H and O–H groups in total. The van der Waals surface area contributed by atoms with Crippen molar-refractivity contribution in [3.8, 4) is 0 Å². The molecule has 0 heterocycles. The van der Waals surface area contributed by atoms with Crippen molar-refractivity contribution >= 4 is 17.5 Å². The van der Waals surface area contributed by atoms with E-state index in [-0.39, 0.29) is 11.3 Å². The predicted molar refractivity (Wildman–Crippen MR) is 78.8 cm³/mol. The Hall–Kier alpha value is -2.90. The minimum Gasteiger partial charge on any atom is -0.343 e. The van der Waals surface area contributed by atoms with Crippen molar-refractivity contribution in [3.05, 3.63) is 65.5 Å². The highest BCUT2D eigenvalue weighted by Gasteiger charge is 2.29. The molecule has 0 bridgehead atoms. The van der Waals surface area contributed by atoms with E-state index in [9.17, 15) is 27.2 Å². The molecule has 4 nitrogen and oxygen atoms in total. The van der Waals surface area contributed by atoms with Gasteiger partial charge in [0.1, 0.15) is 5.82 Å². The van der Waals surface area contributed by atoms with Gasteiger partial charge in [0.15, 0.2) is 0 Å². The average Bonchev–Trinajstić information content (AvgIpc) is 2.53. The summed E-state index contributed by atoms with van der Waals surface area (Å²) in [6, 6.07) is 9.11. The molecule has 0 aliphatic carbocycles. The summed E-state index contributed by atoms with van der Waals surface area (Å²) in [5, 5.41) is 4.55. The Morgan fingerprint density at radius 1 is 0.958 bits per heavy atom. The third-order valence-electron chi connectivity index (χ3n) is 3.02. The first-order valence-electron chi connectivity index (χ1n) is 6.77. The Bertz CT molecular complexity index is 742. The number of hydrogen-bond donors (Lipinski definition) is 2. The second kappa shape index (κ2) is 7.12. The summed E-state index contributed by atoms with van der Waals surface area (Å²) in [6.07, 6.45) is -4.46. The van der Waals surface area contributed by atoms with Crippen molar-refractivity contribution in [2.75, 3.05) is 11.9 Å². The Kier molecular flexibility index (Phi) is 5.18. The van der Waals surface area contributed by atoms with Crippen LogP contribution in [0.2, 0.25) is 0 Å². The number of alkyl halides is 3. The third-order valence-corrected chi connectivity index (χ3v) is 3.02. The number of nitrogens with one attached hydrogen (secondary N) is 2. The van der Waals surface area contributed by atoms with Crippen LogP contribution in [0, 0.1) is 5.82 Å². The highest BCUT2D eigenvalue weighted by Crippen LogP contribution is 2.29. The van der Waals surface area contributed by atoms with Gasteiger partial charge in [0.05, 0.1) is 17.7 Å². The molecule has 2 aromatic carbocycles. The summed E-state index contributed by atoms with van der Waals surface area (Å²) in [5.41, 5.74) is -0.902. The molecule has 0 aliphatic heterocycles. The van der Waals surface area contributed by atoms with Gasteiger partial charge in [0, 0.05) is 5.69 Å². The van der Waals surface area contributed by atoms with Gasteiger partial charge >= 0.3 is 6.18 Å². The van der Waals surface area contributed by atoms with Crippen molar-refractivity contribution in [2.45, 2.75) is 6.18 Å². The quantitative estimate of drug-likeness (QED) is 0.840. The lowest BCUT2D eigenvalue weighted by atomic mass is 10.2. The van der Waals surface area contributed by atoms with E-state index in [4.69, 9.17) is 0 Å². The lowest BCUT2D eigenvalue weighted by Crippen LogP contribution is -2.33.